The summed E-state index contributed by atoms with van der Waals surface area (Å²) in [6, 6.07) is 12.7. The van der Waals surface area contributed by atoms with Crippen LogP contribution >= 0.6 is 0 Å². The van der Waals surface area contributed by atoms with E-state index in [0.717, 1.165) is 50.0 Å². The molecule has 3 aliphatic rings. The number of likely N-dealkylation sites (tertiary alicyclic amines) is 2. The maximum atomic E-state index is 15.4. The molecule has 1 aromatic carbocycles. The van der Waals surface area contributed by atoms with Gasteiger partial charge in [0, 0.05) is 50.3 Å². The van der Waals surface area contributed by atoms with E-state index in [1.807, 2.05) is 37.1 Å². The van der Waals surface area contributed by atoms with Crippen molar-refractivity contribution in [3.63, 3.8) is 0 Å². The van der Waals surface area contributed by atoms with E-state index in [2.05, 4.69) is 20.5 Å². The van der Waals surface area contributed by atoms with Crippen LogP contribution < -0.4 is 15.4 Å². The Hall–Kier alpha value is -5.31. The van der Waals surface area contributed by atoms with Crippen molar-refractivity contribution < 1.29 is 37.1 Å². The molecule has 3 saturated heterocycles. The van der Waals surface area contributed by atoms with Gasteiger partial charge in [-0.3, -0.25) is 29.4 Å². The average molecular weight is 760 g/mol. The number of carbonyl (C=O) groups excluding carboxylic acids is 4. The fourth-order valence-electron chi connectivity index (χ4n) is 7.70. The highest BCUT2D eigenvalue weighted by atomic mass is 19.3. The number of nitrogens with zero attached hydrogens (tertiary/aromatic N) is 5. The van der Waals surface area contributed by atoms with Crippen LogP contribution in [0.25, 0.3) is 5.65 Å². The molecule has 4 amide bonds. The lowest BCUT2D eigenvalue weighted by Crippen LogP contribution is -2.49. The first kappa shape index (κ1) is 38.0. The topological polar surface area (TPSA) is 138 Å². The predicted molar refractivity (Wildman–Crippen MR) is 197 cm³/mol. The van der Waals surface area contributed by atoms with Crippen molar-refractivity contribution in [1.82, 2.24) is 29.5 Å². The van der Waals surface area contributed by atoms with Gasteiger partial charge >= 0.3 is 0 Å². The molecule has 2 N–H and O–H groups in total. The first-order valence-electron chi connectivity index (χ1n) is 18.8. The normalized spacial score (nSPS) is 20.3. The Labute approximate surface area is 316 Å². The largest absolute Gasteiger partial charge is 0.490 e. The lowest BCUT2D eigenvalue weighted by molar-refractivity contribution is -0.144. The molecule has 3 aliphatic heterocycles. The van der Waals surface area contributed by atoms with Gasteiger partial charge in [0.15, 0.2) is 0 Å². The van der Waals surface area contributed by atoms with Crippen molar-refractivity contribution in [3.8, 4) is 5.75 Å². The van der Waals surface area contributed by atoms with Crippen LogP contribution in [0.2, 0.25) is 0 Å². The van der Waals surface area contributed by atoms with Crippen LogP contribution in [-0.2, 0) is 20.1 Å². The maximum absolute atomic E-state index is 15.4. The number of nitrogens with one attached hydrogen (secondary N) is 2. The number of aromatic nitrogens is 3. The Bertz CT molecular complexity index is 2070. The summed E-state index contributed by atoms with van der Waals surface area (Å²) in [6.07, 6.45) is 3.50. The Morgan fingerprint density at radius 3 is 2.35 bits per heavy atom. The van der Waals surface area contributed by atoms with Gasteiger partial charge in [0.25, 0.3) is 18.2 Å². The Morgan fingerprint density at radius 1 is 0.964 bits per heavy atom. The average Bonchev–Trinajstić information content (AvgIpc) is 3.59. The van der Waals surface area contributed by atoms with Crippen LogP contribution in [-0.4, -0.2) is 86.6 Å². The lowest BCUT2D eigenvalue weighted by atomic mass is 9.84. The number of halogens is 3. The highest BCUT2D eigenvalue weighted by Gasteiger charge is 2.45. The molecular weight excluding hydrogens is 715 g/mol. The molecule has 3 fully saturated rings. The lowest BCUT2D eigenvalue weighted by Gasteiger charge is -2.36. The van der Waals surface area contributed by atoms with Gasteiger partial charge in [-0.25, -0.2) is 23.1 Å². The third-order valence-electron chi connectivity index (χ3n) is 10.8. The first-order valence-corrected chi connectivity index (χ1v) is 18.8. The minimum Gasteiger partial charge on any atom is -0.490 e. The van der Waals surface area contributed by atoms with E-state index < -0.39 is 35.5 Å². The number of pyridine rings is 2. The number of carbonyl (C=O) groups is 4. The second kappa shape index (κ2) is 15.8. The van der Waals surface area contributed by atoms with Gasteiger partial charge in [-0.2, -0.15) is 0 Å². The molecule has 7 rings (SSSR count). The highest BCUT2D eigenvalue weighted by molar-refractivity contribution is 6.06. The molecule has 290 valence electrons. The van der Waals surface area contributed by atoms with Crippen molar-refractivity contribution in [2.75, 3.05) is 38.0 Å². The van der Waals surface area contributed by atoms with Gasteiger partial charge in [-0.15, -0.1) is 0 Å². The smallest absolute Gasteiger partial charge is 0.280 e. The van der Waals surface area contributed by atoms with Gasteiger partial charge in [0.1, 0.15) is 22.9 Å². The molecule has 1 atom stereocenters. The van der Waals surface area contributed by atoms with Crippen LogP contribution in [0.4, 0.5) is 19.0 Å². The Kier molecular flexibility index (Phi) is 10.9. The SMILES string of the molecule is CC(C)Oc1cc2nc(C3CCN(CC(=O)N4CCC(c5ccc(C6(F)CCC(=O)NC6=O)cc5)CC4)CC3)cn2cc1C(=O)Nc1cccc(C(F)F)n1. The summed E-state index contributed by atoms with van der Waals surface area (Å²) in [7, 11) is 0. The number of imidazole rings is 1. The van der Waals surface area contributed by atoms with Crippen LogP contribution in [0.5, 0.6) is 5.75 Å². The highest BCUT2D eigenvalue weighted by Crippen LogP contribution is 2.36. The van der Waals surface area contributed by atoms with E-state index in [9.17, 15) is 28.0 Å². The van der Waals surface area contributed by atoms with Gasteiger partial charge in [0.2, 0.25) is 17.5 Å². The number of fused-ring (bicyclic) bond motifs is 1. The summed E-state index contributed by atoms with van der Waals surface area (Å²) in [5, 5.41) is 4.70. The third-order valence-corrected chi connectivity index (χ3v) is 10.8. The number of hydrogen-bond donors (Lipinski definition) is 2. The fourth-order valence-corrected chi connectivity index (χ4v) is 7.70. The van der Waals surface area contributed by atoms with Crippen molar-refractivity contribution in [2.24, 2.45) is 0 Å². The van der Waals surface area contributed by atoms with Crippen molar-refractivity contribution >= 4 is 35.1 Å². The minimum absolute atomic E-state index is 0.00776. The number of piperidine rings is 3. The quantitative estimate of drug-likeness (QED) is 0.191. The number of ether oxygens (including phenoxy) is 1. The molecule has 0 bridgehead atoms. The van der Waals surface area contributed by atoms with Crippen LogP contribution in [0, 0.1) is 0 Å². The first-order chi connectivity index (χ1) is 26.4. The Morgan fingerprint density at radius 2 is 1.67 bits per heavy atom. The van der Waals surface area contributed by atoms with Crippen molar-refractivity contribution in [3.05, 3.63) is 89.0 Å². The van der Waals surface area contributed by atoms with E-state index in [1.165, 1.54) is 18.2 Å². The Balaban J connectivity index is 0.921. The zero-order valence-electron chi connectivity index (χ0n) is 30.8. The van der Waals surface area contributed by atoms with Crippen molar-refractivity contribution in [1.29, 1.82) is 0 Å². The van der Waals surface area contributed by atoms with Gasteiger partial charge in [0.05, 0.1) is 23.9 Å². The van der Waals surface area contributed by atoms with E-state index in [-0.39, 0.29) is 53.6 Å². The number of hydrogen-bond acceptors (Lipinski definition) is 8. The third kappa shape index (κ3) is 8.36. The molecule has 4 aromatic rings. The second-order valence-electron chi connectivity index (χ2n) is 14.9. The van der Waals surface area contributed by atoms with Crippen molar-refractivity contribution in [2.45, 2.75) is 82.4 Å². The summed E-state index contributed by atoms with van der Waals surface area (Å²) >= 11 is 0. The molecule has 0 radical (unpaired) electrons. The molecule has 12 nitrogen and oxygen atoms in total. The number of rotatable bonds is 10. The van der Waals surface area contributed by atoms with E-state index in [0.29, 0.717) is 31.0 Å². The predicted octanol–water partition coefficient (Wildman–Crippen LogP) is 5.89. The van der Waals surface area contributed by atoms with E-state index in [1.54, 1.807) is 28.8 Å². The maximum Gasteiger partial charge on any atom is 0.280 e. The second-order valence-corrected chi connectivity index (χ2v) is 14.9. The summed E-state index contributed by atoms with van der Waals surface area (Å²) in [5.41, 5.74) is 0.336. The number of amides is 4. The van der Waals surface area contributed by atoms with E-state index in [4.69, 9.17) is 9.72 Å². The van der Waals surface area contributed by atoms with Crippen LogP contribution in [0.15, 0.2) is 60.9 Å². The zero-order valence-corrected chi connectivity index (χ0v) is 30.8. The van der Waals surface area contributed by atoms with Gasteiger partial charge in [-0.05, 0) is 81.8 Å². The molecule has 0 saturated carbocycles. The molecule has 3 aromatic heterocycles. The van der Waals surface area contributed by atoms with Gasteiger partial charge in [-0.1, -0.05) is 30.3 Å². The molecular formula is C40H44F3N7O5. The molecule has 0 aliphatic carbocycles. The number of benzene rings is 1. The summed E-state index contributed by atoms with van der Waals surface area (Å²) in [6.45, 7) is 6.74. The fraction of sp³-hybridized carbons (Fsp3) is 0.450. The van der Waals surface area contributed by atoms with E-state index >= 15 is 4.39 Å². The monoisotopic (exact) mass is 759 g/mol. The summed E-state index contributed by atoms with van der Waals surface area (Å²) < 4.78 is 49.5. The van der Waals surface area contributed by atoms with Gasteiger partial charge < -0.3 is 19.4 Å². The molecule has 0 spiro atoms. The van der Waals surface area contributed by atoms with Crippen LogP contribution in [0.3, 0.4) is 0 Å². The van der Waals surface area contributed by atoms with Crippen LogP contribution in [0.1, 0.15) is 104 Å². The minimum atomic E-state index is -2.77. The molecule has 55 heavy (non-hydrogen) atoms. The number of anilines is 1. The number of imide groups is 1. The molecule has 6 heterocycles. The number of alkyl halides is 3. The summed E-state index contributed by atoms with van der Waals surface area (Å²) in [5.74, 6) is -1.13. The zero-order chi connectivity index (χ0) is 38.9. The molecule has 15 heteroatoms. The summed E-state index contributed by atoms with van der Waals surface area (Å²) in [4.78, 5) is 63.2. The molecule has 1 unspecified atom stereocenters. The standard InChI is InChI=1S/C40H44F3N7O5/c1-24(2)55-32-20-34-45-31(22-50(34)21-29(32)38(53)46-33-5-3-4-30(44-33)37(41)42)27-11-16-48(17-12-27)23-36(52)49-18-13-26(14-19-49)25-6-8-28(9-7-25)40(43)15-10-35(51)47-39(40)54/h3-9,20-22,24,26-27,37H,10-19,23H2,1-2H3,(H,44,46,53)(H,47,51,54).